The zero-order chi connectivity index (χ0) is 12.6. The molecule has 0 unspecified atom stereocenters. The third kappa shape index (κ3) is 3.94. The minimum Gasteiger partial charge on any atom is -0.383 e. The Bertz CT molecular complexity index is 440. The fourth-order valence-corrected chi connectivity index (χ4v) is 1.54. The maximum absolute atomic E-state index is 4.95. The highest BCUT2D eigenvalue weighted by atomic mass is 16.5. The Kier molecular flexibility index (Phi) is 4.86. The first-order valence-corrected chi connectivity index (χ1v) is 5.84. The molecule has 18 heavy (non-hydrogen) atoms. The topological polar surface area (TPSA) is 78.0 Å². The smallest absolute Gasteiger partial charge is 0.213 e. The van der Waals surface area contributed by atoms with Crippen LogP contribution in [0, 0.1) is 0 Å². The number of ether oxygens (including phenoxy) is 1. The van der Waals surface area contributed by atoms with E-state index in [1.54, 1.807) is 7.11 Å². The van der Waals surface area contributed by atoms with Crippen molar-refractivity contribution in [3.63, 3.8) is 0 Å². The SMILES string of the molecule is COCCNCc1cn(CCc2ncon2)cn1. The van der Waals surface area contributed by atoms with Crippen LogP contribution in [0.15, 0.2) is 23.4 Å². The van der Waals surface area contributed by atoms with Gasteiger partial charge in [-0.05, 0) is 0 Å². The van der Waals surface area contributed by atoms with Crippen molar-refractivity contribution in [3.05, 3.63) is 30.4 Å². The third-order valence-electron chi connectivity index (χ3n) is 2.48. The molecule has 0 atom stereocenters. The van der Waals surface area contributed by atoms with Crippen LogP contribution in [0.4, 0.5) is 0 Å². The van der Waals surface area contributed by atoms with E-state index < -0.39 is 0 Å². The molecule has 0 aliphatic carbocycles. The molecule has 0 spiro atoms. The van der Waals surface area contributed by atoms with Gasteiger partial charge in [-0.3, -0.25) is 0 Å². The zero-order valence-corrected chi connectivity index (χ0v) is 10.4. The molecule has 0 fully saturated rings. The van der Waals surface area contributed by atoms with E-state index in [9.17, 15) is 0 Å². The van der Waals surface area contributed by atoms with Crippen LogP contribution < -0.4 is 5.32 Å². The van der Waals surface area contributed by atoms with Crippen LogP contribution in [0.3, 0.4) is 0 Å². The number of methoxy groups -OCH3 is 1. The average Bonchev–Trinajstić information content (AvgIpc) is 3.03. The lowest BCUT2D eigenvalue weighted by atomic mass is 10.4. The molecule has 2 aromatic rings. The number of nitrogens with zero attached hydrogens (tertiary/aromatic N) is 4. The van der Waals surface area contributed by atoms with Crippen molar-refractivity contribution >= 4 is 0 Å². The van der Waals surface area contributed by atoms with E-state index in [2.05, 4.69) is 25.0 Å². The molecule has 1 N–H and O–H groups in total. The van der Waals surface area contributed by atoms with Crippen molar-refractivity contribution < 1.29 is 9.26 Å². The molecule has 0 radical (unpaired) electrons. The summed E-state index contributed by atoms with van der Waals surface area (Å²) in [6.07, 6.45) is 5.91. The van der Waals surface area contributed by atoms with Gasteiger partial charge in [-0.1, -0.05) is 5.16 Å². The first kappa shape index (κ1) is 12.7. The predicted octanol–water partition coefficient (Wildman–Crippen LogP) is 0.245. The number of hydrogen-bond donors (Lipinski definition) is 1. The summed E-state index contributed by atoms with van der Waals surface area (Å²) in [5.74, 6) is 0.712. The molecule has 0 aliphatic heterocycles. The minimum absolute atomic E-state index is 0.707. The van der Waals surface area contributed by atoms with Gasteiger partial charge in [0.15, 0.2) is 5.82 Å². The first-order chi connectivity index (χ1) is 8.88. The molecule has 0 aromatic carbocycles. The van der Waals surface area contributed by atoms with Gasteiger partial charge in [-0.2, -0.15) is 4.98 Å². The number of aromatic nitrogens is 4. The fourth-order valence-electron chi connectivity index (χ4n) is 1.54. The van der Waals surface area contributed by atoms with E-state index in [1.807, 2.05) is 17.1 Å². The van der Waals surface area contributed by atoms with Crippen molar-refractivity contribution in [1.82, 2.24) is 25.0 Å². The van der Waals surface area contributed by atoms with E-state index in [1.165, 1.54) is 6.39 Å². The summed E-state index contributed by atoms with van der Waals surface area (Å²) in [5, 5.41) is 7.01. The van der Waals surface area contributed by atoms with Crippen LogP contribution in [0.1, 0.15) is 11.5 Å². The lowest BCUT2D eigenvalue weighted by molar-refractivity contribution is 0.199. The number of hydrogen-bond acceptors (Lipinski definition) is 6. The van der Waals surface area contributed by atoms with Crippen molar-refractivity contribution in [2.24, 2.45) is 0 Å². The van der Waals surface area contributed by atoms with Gasteiger partial charge in [-0.15, -0.1) is 0 Å². The van der Waals surface area contributed by atoms with Gasteiger partial charge in [-0.25, -0.2) is 4.98 Å². The molecule has 0 aliphatic rings. The van der Waals surface area contributed by atoms with E-state index in [0.29, 0.717) is 12.4 Å². The molecular formula is C11H17N5O2. The van der Waals surface area contributed by atoms with E-state index in [4.69, 9.17) is 4.74 Å². The molecule has 2 aromatic heterocycles. The molecule has 2 heterocycles. The van der Waals surface area contributed by atoms with Crippen LogP contribution in [0.2, 0.25) is 0 Å². The average molecular weight is 251 g/mol. The van der Waals surface area contributed by atoms with E-state index in [0.717, 1.165) is 31.7 Å². The molecule has 7 heteroatoms. The lowest BCUT2D eigenvalue weighted by Crippen LogP contribution is -2.18. The van der Waals surface area contributed by atoms with Crippen LogP contribution in [-0.4, -0.2) is 40.0 Å². The molecule has 2 rings (SSSR count). The monoisotopic (exact) mass is 251 g/mol. The van der Waals surface area contributed by atoms with Gasteiger partial charge >= 0.3 is 0 Å². The van der Waals surface area contributed by atoms with Crippen molar-refractivity contribution in [2.75, 3.05) is 20.3 Å². The van der Waals surface area contributed by atoms with Gasteiger partial charge in [0.1, 0.15) is 0 Å². The zero-order valence-electron chi connectivity index (χ0n) is 10.4. The molecule has 0 saturated carbocycles. The summed E-state index contributed by atoms with van der Waals surface area (Å²) in [7, 11) is 1.69. The van der Waals surface area contributed by atoms with Crippen LogP contribution in [-0.2, 0) is 24.2 Å². The van der Waals surface area contributed by atoms with Gasteiger partial charge < -0.3 is 19.1 Å². The first-order valence-electron chi connectivity index (χ1n) is 5.84. The van der Waals surface area contributed by atoms with Gasteiger partial charge in [0.25, 0.3) is 0 Å². The van der Waals surface area contributed by atoms with Gasteiger partial charge in [0.05, 0.1) is 18.6 Å². The Morgan fingerprint density at radius 2 is 2.39 bits per heavy atom. The normalized spacial score (nSPS) is 10.9. The summed E-state index contributed by atoms with van der Waals surface area (Å²) in [6.45, 7) is 3.08. The molecule has 0 saturated heterocycles. The number of imidazole rings is 1. The Morgan fingerprint density at radius 3 is 3.17 bits per heavy atom. The second-order valence-electron chi connectivity index (χ2n) is 3.87. The van der Waals surface area contributed by atoms with Crippen LogP contribution >= 0.6 is 0 Å². The van der Waals surface area contributed by atoms with Crippen LogP contribution in [0.25, 0.3) is 0 Å². The minimum atomic E-state index is 0.707. The van der Waals surface area contributed by atoms with Gasteiger partial charge in [0, 0.05) is 39.4 Å². The summed E-state index contributed by atoms with van der Waals surface area (Å²) < 4.78 is 11.6. The van der Waals surface area contributed by atoms with Crippen LogP contribution in [0.5, 0.6) is 0 Å². The van der Waals surface area contributed by atoms with E-state index >= 15 is 0 Å². The highest BCUT2D eigenvalue weighted by Crippen LogP contribution is 1.99. The Labute approximate surface area is 105 Å². The molecule has 0 amide bonds. The summed E-state index contributed by atoms with van der Waals surface area (Å²) in [5.41, 5.74) is 1.01. The largest absolute Gasteiger partial charge is 0.383 e. The van der Waals surface area contributed by atoms with Crippen molar-refractivity contribution in [2.45, 2.75) is 19.5 Å². The fraction of sp³-hybridized carbons (Fsp3) is 0.545. The van der Waals surface area contributed by atoms with Crippen molar-refractivity contribution in [3.8, 4) is 0 Å². The second kappa shape index (κ2) is 6.87. The quantitative estimate of drug-likeness (QED) is 0.677. The molecule has 98 valence electrons. The lowest BCUT2D eigenvalue weighted by Gasteiger charge is -2.00. The Morgan fingerprint density at radius 1 is 1.44 bits per heavy atom. The highest BCUT2D eigenvalue weighted by Gasteiger charge is 2.01. The maximum Gasteiger partial charge on any atom is 0.213 e. The summed E-state index contributed by atoms with van der Waals surface area (Å²) in [6, 6.07) is 0. The summed E-state index contributed by atoms with van der Waals surface area (Å²) in [4.78, 5) is 8.28. The standard InChI is InChI=1S/C11H17N5O2/c1-17-5-3-12-6-10-7-16(8-13-10)4-2-11-14-9-18-15-11/h7-9,12H,2-6H2,1H3. The predicted molar refractivity (Wildman–Crippen MR) is 63.8 cm³/mol. The maximum atomic E-state index is 4.95. The number of aryl methyl sites for hydroxylation is 2. The molecular weight excluding hydrogens is 234 g/mol. The third-order valence-corrected chi connectivity index (χ3v) is 2.48. The Balaban J connectivity index is 1.72. The summed E-state index contributed by atoms with van der Waals surface area (Å²) >= 11 is 0. The van der Waals surface area contributed by atoms with Gasteiger partial charge in [0.2, 0.25) is 6.39 Å². The Hall–Kier alpha value is -1.73. The molecule has 7 nitrogen and oxygen atoms in total. The van der Waals surface area contributed by atoms with E-state index in [-0.39, 0.29) is 0 Å². The molecule has 0 bridgehead atoms. The second-order valence-corrected chi connectivity index (χ2v) is 3.87. The number of rotatable bonds is 8. The number of nitrogens with one attached hydrogen (secondary N) is 1. The van der Waals surface area contributed by atoms with Crippen molar-refractivity contribution in [1.29, 1.82) is 0 Å². The highest BCUT2D eigenvalue weighted by molar-refractivity contribution is 4.96.